The maximum Gasteiger partial charge on any atom is 0.248 e. The highest BCUT2D eigenvalue weighted by Crippen LogP contribution is 2.25. The van der Waals surface area contributed by atoms with Gasteiger partial charge in [-0.3, -0.25) is 9.59 Å². The first-order valence-electron chi connectivity index (χ1n) is 9.86. The highest BCUT2D eigenvalue weighted by Gasteiger charge is 2.38. The van der Waals surface area contributed by atoms with E-state index in [1.165, 1.54) is 32.1 Å². The molecule has 1 saturated heterocycles. The lowest BCUT2D eigenvalue weighted by molar-refractivity contribution is -0.148. The molecule has 0 aromatic heterocycles. The second-order valence-electron chi connectivity index (χ2n) is 7.89. The largest absolute Gasteiger partial charge is 0.376 e. The molecule has 3 atom stereocenters. The van der Waals surface area contributed by atoms with E-state index in [4.69, 9.17) is 10.5 Å². The van der Waals surface area contributed by atoms with Gasteiger partial charge in [0.15, 0.2) is 0 Å². The monoisotopic (exact) mass is 353 g/mol. The van der Waals surface area contributed by atoms with Crippen LogP contribution in [0.1, 0.15) is 59.3 Å². The highest BCUT2D eigenvalue weighted by atomic mass is 16.5. The number of ether oxygens (including phenoxy) is 1. The van der Waals surface area contributed by atoms with Crippen molar-refractivity contribution >= 4 is 11.8 Å². The van der Waals surface area contributed by atoms with Gasteiger partial charge in [0.25, 0.3) is 0 Å². The van der Waals surface area contributed by atoms with Gasteiger partial charge in [-0.2, -0.15) is 0 Å². The Morgan fingerprint density at radius 2 is 1.84 bits per heavy atom. The first-order valence-corrected chi connectivity index (χ1v) is 9.86. The number of nitrogens with two attached hydrogens (primary N) is 1. The Labute approximate surface area is 151 Å². The molecule has 2 aliphatic rings. The van der Waals surface area contributed by atoms with E-state index in [1.807, 2.05) is 20.8 Å². The van der Waals surface area contributed by atoms with Crippen LogP contribution in [0.5, 0.6) is 0 Å². The third-order valence-corrected chi connectivity index (χ3v) is 5.58. The van der Waals surface area contributed by atoms with Crippen molar-refractivity contribution in [2.45, 2.75) is 77.5 Å². The van der Waals surface area contributed by atoms with Crippen molar-refractivity contribution in [1.82, 2.24) is 10.2 Å². The highest BCUT2D eigenvalue weighted by molar-refractivity contribution is 5.89. The zero-order chi connectivity index (χ0) is 18.4. The Balaban J connectivity index is 1.96. The number of carbonyl (C=O) groups excluding carboxylic acids is 2. The van der Waals surface area contributed by atoms with E-state index < -0.39 is 6.04 Å². The number of rotatable bonds is 8. The van der Waals surface area contributed by atoms with E-state index >= 15 is 0 Å². The van der Waals surface area contributed by atoms with Gasteiger partial charge in [-0.25, -0.2) is 0 Å². The molecule has 2 fully saturated rings. The molecule has 144 valence electrons. The average Bonchev–Trinajstić information content (AvgIpc) is 2.57. The summed E-state index contributed by atoms with van der Waals surface area (Å²) in [6, 6.07) is -0.538. The normalized spacial score (nSPS) is 23.9. The maximum absolute atomic E-state index is 12.9. The van der Waals surface area contributed by atoms with Crippen LogP contribution in [0, 0.1) is 11.8 Å². The van der Waals surface area contributed by atoms with Gasteiger partial charge in [0.2, 0.25) is 11.8 Å². The molecule has 0 spiro atoms. The van der Waals surface area contributed by atoms with Crippen LogP contribution >= 0.6 is 0 Å². The summed E-state index contributed by atoms with van der Waals surface area (Å²) in [5, 5.41) is 2.90. The number of hydrogen-bond donors (Lipinski definition) is 2. The van der Waals surface area contributed by atoms with Gasteiger partial charge in [0, 0.05) is 31.7 Å². The lowest BCUT2D eigenvalue weighted by atomic mass is 9.90. The smallest absolute Gasteiger partial charge is 0.248 e. The third kappa shape index (κ3) is 5.42. The molecule has 2 amide bonds. The molecule has 1 saturated carbocycles. The standard InChI is InChI=1S/C19H35N3O3/c1-13(2)18(23)21-17(19(24)22-10-9-16(22)11-20)14(3)25-12-15-7-5-4-6-8-15/h13-17H,4-12,20H2,1-3H3,(H,21,23). The van der Waals surface area contributed by atoms with E-state index in [0.717, 1.165) is 6.42 Å². The van der Waals surface area contributed by atoms with Crippen molar-refractivity contribution in [3.8, 4) is 0 Å². The van der Waals surface area contributed by atoms with Crippen molar-refractivity contribution < 1.29 is 14.3 Å². The Morgan fingerprint density at radius 3 is 2.36 bits per heavy atom. The fourth-order valence-electron chi connectivity index (χ4n) is 3.59. The van der Waals surface area contributed by atoms with E-state index in [9.17, 15) is 9.59 Å². The second-order valence-corrected chi connectivity index (χ2v) is 7.89. The quantitative estimate of drug-likeness (QED) is 0.695. The van der Waals surface area contributed by atoms with Gasteiger partial charge in [-0.15, -0.1) is 0 Å². The molecule has 6 nitrogen and oxygen atoms in total. The van der Waals surface area contributed by atoms with Crippen LogP contribution in [0.4, 0.5) is 0 Å². The lowest BCUT2D eigenvalue weighted by Gasteiger charge is -2.43. The minimum absolute atomic E-state index is 0.0631. The van der Waals surface area contributed by atoms with Crippen LogP contribution in [0.3, 0.4) is 0 Å². The summed E-state index contributed by atoms with van der Waals surface area (Å²) in [5.41, 5.74) is 5.73. The van der Waals surface area contributed by atoms with E-state index in [1.54, 1.807) is 4.90 Å². The predicted molar refractivity (Wildman–Crippen MR) is 97.9 cm³/mol. The van der Waals surface area contributed by atoms with Crippen molar-refractivity contribution in [1.29, 1.82) is 0 Å². The maximum atomic E-state index is 12.9. The summed E-state index contributed by atoms with van der Waals surface area (Å²) in [4.78, 5) is 26.9. The Kier molecular flexibility index (Phi) is 7.69. The van der Waals surface area contributed by atoms with Crippen molar-refractivity contribution in [3.63, 3.8) is 0 Å². The molecule has 1 aliphatic carbocycles. The summed E-state index contributed by atoms with van der Waals surface area (Å²) >= 11 is 0. The summed E-state index contributed by atoms with van der Waals surface area (Å²) < 4.78 is 6.04. The topological polar surface area (TPSA) is 84.7 Å². The van der Waals surface area contributed by atoms with Gasteiger partial charge < -0.3 is 20.7 Å². The minimum atomic E-state index is -0.632. The van der Waals surface area contributed by atoms with Crippen molar-refractivity contribution in [2.24, 2.45) is 17.6 Å². The van der Waals surface area contributed by atoms with Gasteiger partial charge >= 0.3 is 0 Å². The van der Waals surface area contributed by atoms with Crippen LogP contribution in [-0.2, 0) is 14.3 Å². The van der Waals surface area contributed by atoms with Gasteiger partial charge in [0.1, 0.15) is 6.04 Å². The number of nitrogens with one attached hydrogen (secondary N) is 1. The Bertz CT molecular complexity index is 447. The number of likely N-dealkylation sites (tertiary alicyclic amines) is 1. The lowest BCUT2D eigenvalue weighted by Crippen LogP contribution is -2.62. The predicted octanol–water partition coefficient (Wildman–Crippen LogP) is 1.67. The number of hydrogen-bond acceptors (Lipinski definition) is 4. The SMILES string of the molecule is CC(C)C(=O)NC(C(=O)N1CCC1CN)C(C)OCC1CCCCC1. The molecule has 25 heavy (non-hydrogen) atoms. The van der Waals surface area contributed by atoms with Crippen LogP contribution in [0.2, 0.25) is 0 Å². The van der Waals surface area contributed by atoms with E-state index in [-0.39, 0.29) is 29.9 Å². The second kappa shape index (κ2) is 9.53. The molecule has 1 aliphatic heterocycles. The number of amides is 2. The van der Waals surface area contributed by atoms with E-state index in [0.29, 0.717) is 25.6 Å². The molecular formula is C19H35N3O3. The molecule has 0 aromatic carbocycles. The number of nitrogens with zero attached hydrogens (tertiary/aromatic N) is 1. The molecule has 3 unspecified atom stereocenters. The van der Waals surface area contributed by atoms with Crippen LogP contribution in [0.15, 0.2) is 0 Å². The van der Waals surface area contributed by atoms with Crippen LogP contribution in [-0.4, -0.2) is 54.6 Å². The summed E-state index contributed by atoms with van der Waals surface area (Å²) in [7, 11) is 0. The minimum Gasteiger partial charge on any atom is -0.376 e. The molecule has 0 radical (unpaired) electrons. The zero-order valence-corrected chi connectivity index (χ0v) is 16.0. The van der Waals surface area contributed by atoms with Gasteiger partial charge in [-0.05, 0) is 32.1 Å². The van der Waals surface area contributed by atoms with Crippen LogP contribution < -0.4 is 11.1 Å². The summed E-state index contributed by atoms with van der Waals surface area (Å²) in [5.74, 6) is 0.235. The number of carbonyl (C=O) groups is 2. The van der Waals surface area contributed by atoms with Crippen LogP contribution in [0.25, 0.3) is 0 Å². The average molecular weight is 354 g/mol. The molecule has 2 rings (SSSR count). The van der Waals surface area contributed by atoms with Gasteiger partial charge in [0.05, 0.1) is 6.10 Å². The molecule has 0 aromatic rings. The Morgan fingerprint density at radius 1 is 1.16 bits per heavy atom. The molecule has 1 heterocycles. The summed E-state index contributed by atoms with van der Waals surface area (Å²) in [6.07, 6.45) is 6.84. The van der Waals surface area contributed by atoms with Crippen molar-refractivity contribution in [3.05, 3.63) is 0 Å². The fraction of sp³-hybridized carbons (Fsp3) is 0.895. The third-order valence-electron chi connectivity index (χ3n) is 5.58. The van der Waals surface area contributed by atoms with Crippen molar-refractivity contribution in [2.75, 3.05) is 19.7 Å². The molecular weight excluding hydrogens is 318 g/mol. The van der Waals surface area contributed by atoms with E-state index in [2.05, 4.69) is 5.32 Å². The Hall–Kier alpha value is -1.14. The molecule has 6 heteroatoms. The summed E-state index contributed by atoms with van der Waals surface area (Å²) in [6.45, 7) is 7.40. The first kappa shape index (κ1) is 20.2. The first-order chi connectivity index (χ1) is 11.9. The zero-order valence-electron chi connectivity index (χ0n) is 16.0. The molecule has 0 bridgehead atoms. The fourth-order valence-corrected chi connectivity index (χ4v) is 3.59. The van der Waals surface area contributed by atoms with Gasteiger partial charge in [-0.1, -0.05) is 33.1 Å². The molecule has 3 N–H and O–H groups in total.